The molecule has 0 radical (unpaired) electrons. The third-order valence-corrected chi connectivity index (χ3v) is 3.82. The molecule has 0 saturated carbocycles. The van der Waals surface area contributed by atoms with Gasteiger partial charge < -0.3 is 5.32 Å². The first kappa shape index (κ1) is 13.1. The standard InChI is InChI=1S/C13H16FN3S/c1-4-11-13(18-17-16-11)12(15-3)9-5-6-10(14)8(2)7-9/h5-7,12,15H,4H2,1-3H3. The highest BCUT2D eigenvalue weighted by Gasteiger charge is 2.19. The Morgan fingerprint density at radius 2 is 2.22 bits per heavy atom. The number of halogens is 1. The van der Waals surface area contributed by atoms with Crippen molar-refractivity contribution in [3.05, 3.63) is 45.7 Å². The molecule has 0 amide bonds. The van der Waals surface area contributed by atoms with Crippen LogP contribution in [0.4, 0.5) is 4.39 Å². The Kier molecular flexibility index (Phi) is 4.04. The molecule has 2 rings (SSSR count). The summed E-state index contributed by atoms with van der Waals surface area (Å²) >= 11 is 1.39. The highest BCUT2D eigenvalue weighted by Crippen LogP contribution is 2.28. The average Bonchev–Trinajstić information content (AvgIpc) is 2.83. The van der Waals surface area contributed by atoms with Gasteiger partial charge in [0.25, 0.3) is 0 Å². The Labute approximate surface area is 110 Å². The summed E-state index contributed by atoms with van der Waals surface area (Å²) < 4.78 is 17.3. The second-order valence-corrected chi connectivity index (χ2v) is 4.95. The lowest BCUT2D eigenvalue weighted by Crippen LogP contribution is -2.18. The van der Waals surface area contributed by atoms with E-state index in [0.29, 0.717) is 5.56 Å². The lowest BCUT2D eigenvalue weighted by Gasteiger charge is -2.16. The zero-order valence-electron chi connectivity index (χ0n) is 10.7. The first-order chi connectivity index (χ1) is 8.67. The fraction of sp³-hybridized carbons (Fsp3) is 0.385. The number of nitrogens with zero attached hydrogens (tertiary/aromatic N) is 2. The van der Waals surface area contributed by atoms with Gasteiger partial charge in [-0.05, 0) is 49.1 Å². The predicted octanol–water partition coefficient (Wildman–Crippen LogP) is 2.86. The molecule has 96 valence electrons. The van der Waals surface area contributed by atoms with Gasteiger partial charge in [0.05, 0.1) is 16.6 Å². The van der Waals surface area contributed by atoms with Crippen LogP contribution in [0.3, 0.4) is 0 Å². The Bertz CT molecular complexity index is 539. The van der Waals surface area contributed by atoms with E-state index in [1.165, 1.54) is 17.6 Å². The van der Waals surface area contributed by atoms with E-state index in [9.17, 15) is 4.39 Å². The van der Waals surface area contributed by atoms with E-state index in [4.69, 9.17) is 0 Å². The molecule has 0 saturated heterocycles. The summed E-state index contributed by atoms with van der Waals surface area (Å²) in [6, 6.07) is 5.21. The van der Waals surface area contributed by atoms with Gasteiger partial charge in [-0.1, -0.05) is 23.5 Å². The van der Waals surface area contributed by atoms with Crippen LogP contribution in [0.5, 0.6) is 0 Å². The maximum atomic E-state index is 13.3. The first-order valence-electron chi connectivity index (χ1n) is 5.91. The lowest BCUT2D eigenvalue weighted by atomic mass is 10.0. The Hall–Kier alpha value is -1.33. The third-order valence-electron chi connectivity index (χ3n) is 2.99. The molecule has 1 aromatic heterocycles. The van der Waals surface area contributed by atoms with Gasteiger partial charge in [-0.25, -0.2) is 4.39 Å². The maximum absolute atomic E-state index is 13.3. The van der Waals surface area contributed by atoms with Crippen LogP contribution in [-0.2, 0) is 6.42 Å². The van der Waals surface area contributed by atoms with Gasteiger partial charge in [0.2, 0.25) is 0 Å². The molecular formula is C13H16FN3S. The van der Waals surface area contributed by atoms with Crippen molar-refractivity contribution in [3.63, 3.8) is 0 Å². The van der Waals surface area contributed by atoms with Gasteiger partial charge in [-0.2, -0.15) is 0 Å². The molecule has 0 aliphatic rings. The fourth-order valence-electron chi connectivity index (χ4n) is 1.98. The van der Waals surface area contributed by atoms with Crippen molar-refractivity contribution in [1.29, 1.82) is 0 Å². The van der Waals surface area contributed by atoms with Crippen LogP contribution in [0.15, 0.2) is 18.2 Å². The van der Waals surface area contributed by atoms with Crippen LogP contribution in [0.2, 0.25) is 0 Å². The van der Waals surface area contributed by atoms with E-state index >= 15 is 0 Å². The smallest absolute Gasteiger partial charge is 0.126 e. The summed E-state index contributed by atoms with van der Waals surface area (Å²) in [6.45, 7) is 3.83. The number of benzene rings is 1. The van der Waals surface area contributed by atoms with Crippen molar-refractivity contribution in [2.45, 2.75) is 26.3 Å². The molecule has 2 aromatic rings. The molecule has 0 bridgehead atoms. The quantitative estimate of drug-likeness (QED) is 0.923. The van der Waals surface area contributed by atoms with E-state index in [1.54, 1.807) is 6.92 Å². The fourth-order valence-corrected chi connectivity index (χ4v) is 2.85. The summed E-state index contributed by atoms with van der Waals surface area (Å²) in [5.74, 6) is -0.174. The van der Waals surface area contributed by atoms with Crippen LogP contribution in [0.1, 0.15) is 34.7 Å². The van der Waals surface area contributed by atoms with E-state index < -0.39 is 0 Å². The number of aryl methyl sites for hydroxylation is 2. The number of rotatable bonds is 4. The number of hydrogen-bond donors (Lipinski definition) is 1. The topological polar surface area (TPSA) is 37.8 Å². The highest BCUT2D eigenvalue weighted by atomic mass is 32.1. The lowest BCUT2D eigenvalue weighted by molar-refractivity contribution is 0.614. The van der Waals surface area contributed by atoms with Crippen molar-refractivity contribution in [1.82, 2.24) is 14.9 Å². The van der Waals surface area contributed by atoms with Crippen molar-refractivity contribution in [2.75, 3.05) is 7.05 Å². The summed E-state index contributed by atoms with van der Waals surface area (Å²) in [5, 5.41) is 7.37. The zero-order chi connectivity index (χ0) is 13.1. The van der Waals surface area contributed by atoms with Gasteiger partial charge in [0, 0.05) is 0 Å². The first-order valence-corrected chi connectivity index (χ1v) is 6.69. The van der Waals surface area contributed by atoms with E-state index in [1.807, 2.05) is 19.2 Å². The van der Waals surface area contributed by atoms with Gasteiger partial charge in [-0.15, -0.1) is 5.10 Å². The van der Waals surface area contributed by atoms with Crippen LogP contribution >= 0.6 is 11.5 Å². The molecule has 0 aliphatic heterocycles. The normalized spacial score (nSPS) is 12.7. The second-order valence-electron chi connectivity index (χ2n) is 4.17. The third kappa shape index (κ3) is 2.42. The Balaban J connectivity index is 2.42. The molecule has 1 N–H and O–H groups in total. The number of nitrogens with one attached hydrogen (secondary N) is 1. The van der Waals surface area contributed by atoms with Gasteiger partial charge in [0.1, 0.15) is 5.82 Å². The van der Waals surface area contributed by atoms with Crippen LogP contribution in [0.25, 0.3) is 0 Å². The van der Waals surface area contributed by atoms with Gasteiger partial charge >= 0.3 is 0 Å². The minimum Gasteiger partial charge on any atom is -0.309 e. The minimum absolute atomic E-state index is 0.0271. The van der Waals surface area contributed by atoms with E-state index in [-0.39, 0.29) is 11.9 Å². The molecule has 3 nitrogen and oxygen atoms in total. The maximum Gasteiger partial charge on any atom is 0.126 e. The summed E-state index contributed by atoms with van der Waals surface area (Å²) in [6.07, 6.45) is 0.851. The highest BCUT2D eigenvalue weighted by molar-refractivity contribution is 7.05. The number of hydrogen-bond acceptors (Lipinski definition) is 4. The van der Waals surface area contributed by atoms with Crippen LogP contribution < -0.4 is 5.32 Å². The van der Waals surface area contributed by atoms with Crippen molar-refractivity contribution >= 4 is 11.5 Å². The molecule has 1 aromatic carbocycles. The largest absolute Gasteiger partial charge is 0.309 e. The molecule has 1 heterocycles. The predicted molar refractivity (Wildman–Crippen MR) is 71.3 cm³/mol. The SMILES string of the molecule is CCc1nnsc1C(NC)c1ccc(F)c(C)c1. The van der Waals surface area contributed by atoms with Gasteiger partial charge in [-0.3, -0.25) is 0 Å². The Morgan fingerprint density at radius 1 is 1.44 bits per heavy atom. The number of aromatic nitrogens is 2. The van der Waals surface area contributed by atoms with Crippen LogP contribution in [0, 0.1) is 12.7 Å². The zero-order valence-corrected chi connectivity index (χ0v) is 11.5. The van der Waals surface area contributed by atoms with Crippen molar-refractivity contribution in [2.24, 2.45) is 0 Å². The molecule has 0 fully saturated rings. The molecule has 0 aliphatic carbocycles. The van der Waals surface area contributed by atoms with Crippen molar-refractivity contribution < 1.29 is 4.39 Å². The van der Waals surface area contributed by atoms with Crippen molar-refractivity contribution in [3.8, 4) is 0 Å². The van der Waals surface area contributed by atoms with E-state index in [0.717, 1.165) is 22.6 Å². The molecular weight excluding hydrogens is 249 g/mol. The second kappa shape index (κ2) is 5.54. The average molecular weight is 265 g/mol. The Morgan fingerprint density at radius 3 is 2.83 bits per heavy atom. The summed E-state index contributed by atoms with van der Waals surface area (Å²) in [5.41, 5.74) is 2.70. The monoisotopic (exact) mass is 265 g/mol. The van der Waals surface area contributed by atoms with Crippen LogP contribution in [-0.4, -0.2) is 16.6 Å². The molecule has 1 atom stereocenters. The summed E-state index contributed by atoms with van der Waals surface area (Å²) in [7, 11) is 1.89. The van der Waals surface area contributed by atoms with Gasteiger partial charge in [0.15, 0.2) is 0 Å². The molecule has 1 unspecified atom stereocenters. The molecule has 18 heavy (non-hydrogen) atoms. The molecule has 5 heteroatoms. The van der Waals surface area contributed by atoms with E-state index in [2.05, 4.69) is 21.8 Å². The molecule has 0 spiro atoms. The summed E-state index contributed by atoms with van der Waals surface area (Å²) in [4.78, 5) is 1.10. The minimum atomic E-state index is -0.174.